The van der Waals surface area contributed by atoms with Crippen molar-refractivity contribution in [3.63, 3.8) is 0 Å². The second-order valence-corrected chi connectivity index (χ2v) is 5.88. The van der Waals surface area contributed by atoms with E-state index in [1.807, 2.05) is 23.0 Å². The molecule has 0 saturated carbocycles. The second kappa shape index (κ2) is 7.13. The monoisotopic (exact) mass is 292 g/mol. The molecule has 0 saturated heterocycles. The lowest BCUT2D eigenvalue weighted by Gasteiger charge is -2.19. The third kappa shape index (κ3) is 8.22. The van der Waals surface area contributed by atoms with E-state index in [4.69, 9.17) is 0 Å². The van der Waals surface area contributed by atoms with E-state index in [1.165, 1.54) is 0 Å². The van der Waals surface area contributed by atoms with Gasteiger partial charge >= 0.3 is 6.18 Å². The molecule has 20 heavy (non-hydrogen) atoms. The van der Waals surface area contributed by atoms with E-state index in [0.717, 1.165) is 12.1 Å². The van der Waals surface area contributed by atoms with Gasteiger partial charge in [0, 0.05) is 37.6 Å². The fraction of sp³-hybridized carbons (Fsp3) is 0.714. The summed E-state index contributed by atoms with van der Waals surface area (Å²) in [6, 6.07) is 2.01. The number of ether oxygens (including phenoxy) is 1. The molecule has 0 amide bonds. The maximum Gasteiger partial charge on any atom is 0.411 e. The number of halogens is 3. The summed E-state index contributed by atoms with van der Waals surface area (Å²) in [4.78, 5) is 0. The molecular formula is C14H23F3N2O. The van der Waals surface area contributed by atoms with Gasteiger partial charge in [-0.2, -0.15) is 13.2 Å². The molecule has 3 nitrogen and oxygen atoms in total. The Bertz CT molecular complexity index is 394. The van der Waals surface area contributed by atoms with E-state index in [0.29, 0.717) is 13.0 Å². The SMILES string of the molecule is CC(C)(C)NCc1ccn(CCCOCC(F)(F)F)c1. The zero-order chi connectivity index (χ0) is 15.2. The minimum Gasteiger partial charge on any atom is -0.372 e. The van der Waals surface area contributed by atoms with Crippen molar-refractivity contribution in [1.82, 2.24) is 9.88 Å². The highest BCUT2D eigenvalue weighted by atomic mass is 19.4. The summed E-state index contributed by atoms with van der Waals surface area (Å²) >= 11 is 0. The van der Waals surface area contributed by atoms with Gasteiger partial charge in [0.2, 0.25) is 0 Å². The lowest BCUT2D eigenvalue weighted by Crippen LogP contribution is -2.34. The Morgan fingerprint density at radius 3 is 2.55 bits per heavy atom. The van der Waals surface area contributed by atoms with Gasteiger partial charge in [-0.25, -0.2) is 0 Å². The van der Waals surface area contributed by atoms with Crippen molar-refractivity contribution in [2.75, 3.05) is 13.2 Å². The topological polar surface area (TPSA) is 26.2 Å². The molecule has 1 aromatic heterocycles. The van der Waals surface area contributed by atoms with E-state index in [1.54, 1.807) is 0 Å². The summed E-state index contributed by atoms with van der Waals surface area (Å²) in [7, 11) is 0. The molecule has 1 heterocycles. The number of nitrogens with zero attached hydrogens (tertiary/aromatic N) is 1. The molecule has 6 heteroatoms. The zero-order valence-electron chi connectivity index (χ0n) is 12.3. The lowest BCUT2D eigenvalue weighted by atomic mass is 10.1. The van der Waals surface area contributed by atoms with Crippen LogP contribution in [0, 0.1) is 0 Å². The average Bonchev–Trinajstić information content (AvgIpc) is 2.71. The van der Waals surface area contributed by atoms with Crippen LogP contribution in [0.15, 0.2) is 18.5 Å². The zero-order valence-corrected chi connectivity index (χ0v) is 12.3. The molecular weight excluding hydrogens is 269 g/mol. The van der Waals surface area contributed by atoms with Crippen molar-refractivity contribution in [2.45, 2.75) is 52.0 Å². The van der Waals surface area contributed by atoms with Gasteiger partial charge in [0.15, 0.2) is 0 Å². The van der Waals surface area contributed by atoms with Gasteiger partial charge in [0.1, 0.15) is 6.61 Å². The molecule has 0 radical (unpaired) electrons. The van der Waals surface area contributed by atoms with Crippen LogP contribution in [-0.2, 0) is 17.8 Å². The highest BCUT2D eigenvalue weighted by Gasteiger charge is 2.27. The van der Waals surface area contributed by atoms with E-state index in [-0.39, 0.29) is 12.1 Å². The first-order valence-electron chi connectivity index (χ1n) is 6.70. The van der Waals surface area contributed by atoms with Crippen molar-refractivity contribution < 1.29 is 17.9 Å². The standard InChI is InChI=1S/C14H23F3N2O/c1-13(2,3)18-9-12-5-7-19(10-12)6-4-8-20-11-14(15,16)17/h5,7,10,18H,4,6,8-9,11H2,1-3H3. The molecule has 0 atom stereocenters. The van der Waals surface area contributed by atoms with Crippen LogP contribution in [0.4, 0.5) is 13.2 Å². The summed E-state index contributed by atoms with van der Waals surface area (Å²) in [6.07, 6.45) is 0.266. The normalized spacial score (nSPS) is 12.9. The number of aromatic nitrogens is 1. The molecule has 0 spiro atoms. The number of hydrogen-bond donors (Lipinski definition) is 1. The minimum absolute atomic E-state index is 0.0630. The van der Waals surface area contributed by atoms with Crippen LogP contribution >= 0.6 is 0 Å². The van der Waals surface area contributed by atoms with Gasteiger partial charge in [-0.3, -0.25) is 0 Å². The fourth-order valence-electron chi connectivity index (χ4n) is 1.64. The molecule has 0 unspecified atom stereocenters. The van der Waals surface area contributed by atoms with Crippen molar-refractivity contribution >= 4 is 0 Å². The van der Waals surface area contributed by atoms with Gasteiger partial charge in [-0.1, -0.05) is 0 Å². The highest BCUT2D eigenvalue weighted by Crippen LogP contribution is 2.14. The maximum atomic E-state index is 11.9. The summed E-state index contributed by atoms with van der Waals surface area (Å²) in [6.45, 7) is 6.69. The lowest BCUT2D eigenvalue weighted by molar-refractivity contribution is -0.174. The van der Waals surface area contributed by atoms with Gasteiger partial charge in [0.05, 0.1) is 0 Å². The van der Waals surface area contributed by atoms with Crippen LogP contribution in [0.3, 0.4) is 0 Å². The molecule has 1 rings (SSSR count). The van der Waals surface area contributed by atoms with E-state index >= 15 is 0 Å². The molecule has 1 aromatic rings. The quantitative estimate of drug-likeness (QED) is 0.780. The average molecular weight is 292 g/mol. The number of rotatable bonds is 7. The van der Waals surface area contributed by atoms with Crippen LogP contribution in [0.25, 0.3) is 0 Å². The number of alkyl halides is 3. The van der Waals surface area contributed by atoms with Crippen LogP contribution < -0.4 is 5.32 Å². The summed E-state index contributed by atoms with van der Waals surface area (Å²) in [5.41, 5.74) is 1.23. The Kier molecular flexibility index (Phi) is 6.07. The molecule has 0 aliphatic heterocycles. The molecule has 116 valence electrons. The van der Waals surface area contributed by atoms with Crippen LogP contribution in [0.5, 0.6) is 0 Å². The van der Waals surface area contributed by atoms with Gasteiger partial charge in [0.25, 0.3) is 0 Å². The van der Waals surface area contributed by atoms with Gasteiger partial charge < -0.3 is 14.6 Å². The second-order valence-electron chi connectivity index (χ2n) is 5.88. The van der Waals surface area contributed by atoms with Crippen LogP contribution in [0.2, 0.25) is 0 Å². The number of aryl methyl sites for hydroxylation is 1. The highest BCUT2D eigenvalue weighted by molar-refractivity contribution is 5.10. The Balaban J connectivity index is 2.20. The Labute approximate surface area is 118 Å². The molecule has 0 aliphatic rings. The molecule has 0 fully saturated rings. The first-order valence-corrected chi connectivity index (χ1v) is 6.70. The van der Waals surface area contributed by atoms with E-state index in [2.05, 4.69) is 30.8 Å². The largest absolute Gasteiger partial charge is 0.411 e. The van der Waals surface area contributed by atoms with Gasteiger partial charge in [-0.05, 0) is 38.8 Å². The Morgan fingerprint density at radius 2 is 1.95 bits per heavy atom. The molecule has 0 bridgehead atoms. The first-order chi connectivity index (χ1) is 9.16. The van der Waals surface area contributed by atoms with Crippen LogP contribution in [-0.4, -0.2) is 29.5 Å². The maximum absolute atomic E-state index is 11.9. The minimum atomic E-state index is -4.24. The number of nitrogens with one attached hydrogen (secondary N) is 1. The fourth-order valence-corrected chi connectivity index (χ4v) is 1.64. The third-order valence-corrected chi connectivity index (χ3v) is 2.61. The molecule has 0 aliphatic carbocycles. The molecule has 1 N–H and O–H groups in total. The summed E-state index contributed by atoms with van der Waals surface area (Å²) < 4.78 is 42.1. The predicted molar refractivity (Wildman–Crippen MR) is 72.5 cm³/mol. The number of hydrogen-bond acceptors (Lipinski definition) is 2. The molecule has 0 aromatic carbocycles. The van der Waals surface area contributed by atoms with E-state index < -0.39 is 12.8 Å². The summed E-state index contributed by atoms with van der Waals surface area (Å²) in [5.74, 6) is 0. The predicted octanol–water partition coefficient (Wildman–Crippen LogP) is 3.35. The Hall–Kier alpha value is -1.01. The summed E-state index contributed by atoms with van der Waals surface area (Å²) in [5, 5.41) is 3.38. The third-order valence-electron chi connectivity index (χ3n) is 2.61. The van der Waals surface area contributed by atoms with Crippen LogP contribution in [0.1, 0.15) is 32.8 Å². The van der Waals surface area contributed by atoms with E-state index in [9.17, 15) is 13.2 Å². The first kappa shape index (κ1) is 17.0. The van der Waals surface area contributed by atoms with Crippen molar-refractivity contribution in [2.24, 2.45) is 0 Å². The van der Waals surface area contributed by atoms with Crippen molar-refractivity contribution in [3.05, 3.63) is 24.0 Å². The van der Waals surface area contributed by atoms with Crippen molar-refractivity contribution in [3.8, 4) is 0 Å². The van der Waals surface area contributed by atoms with Gasteiger partial charge in [-0.15, -0.1) is 0 Å². The van der Waals surface area contributed by atoms with Crippen molar-refractivity contribution in [1.29, 1.82) is 0 Å². The Morgan fingerprint density at radius 1 is 1.25 bits per heavy atom. The smallest absolute Gasteiger partial charge is 0.372 e.